The summed E-state index contributed by atoms with van der Waals surface area (Å²) < 4.78 is 25.8. The van der Waals surface area contributed by atoms with Crippen molar-refractivity contribution < 1.29 is 28.6 Å². The summed E-state index contributed by atoms with van der Waals surface area (Å²) in [6, 6.07) is 6.47. The van der Waals surface area contributed by atoms with Crippen LogP contribution in [0.15, 0.2) is 42.7 Å². The smallest absolute Gasteiger partial charge is 0.328 e. The predicted octanol–water partition coefficient (Wildman–Crippen LogP) is 3.20. The second-order valence-electron chi connectivity index (χ2n) is 7.21. The van der Waals surface area contributed by atoms with Crippen molar-refractivity contribution in [1.82, 2.24) is 14.9 Å². The van der Waals surface area contributed by atoms with Gasteiger partial charge in [-0.25, -0.2) is 14.2 Å². The highest BCUT2D eigenvalue weighted by Gasteiger charge is 2.26. The van der Waals surface area contributed by atoms with Gasteiger partial charge in [0, 0.05) is 29.4 Å². The number of rotatable bonds is 7. The standard InChI is InChI=1S/C22H24FN3O5/c1-12(25-21(28)19-20(27)18(30-4)7-9-24-19)22(29)31-14(3)13(2)26-10-8-15-11-16(23)5-6-17(15)26/h5-14,27H,1-4H3,(H,25,28). The first-order valence-electron chi connectivity index (χ1n) is 9.72. The Morgan fingerprint density at radius 3 is 2.65 bits per heavy atom. The van der Waals surface area contributed by atoms with Gasteiger partial charge in [0.05, 0.1) is 13.2 Å². The second-order valence-corrected chi connectivity index (χ2v) is 7.21. The zero-order chi connectivity index (χ0) is 22.7. The first-order chi connectivity index (χ1) is 14.7. The number of methoxy groups -OCH3 is 1. The molecule has 8 nitrogen and oxygen atoms in total. The Morgan fingerprint density at radius 1 is 1.19 bits per heavy atom. The molecule has 3 aromatic rings. The SMILES string of the molecule is COc1ccnc(C(=O)NC(C)C(=O)OC(C)C(C)n2ccc3cc(F)ccc32)c1O. The Bertz CT molecular complexity index is 1110. The molecule has 0 saturated heterocycles. The third kappa shape index (κ3) is 4.60. The lowest BCUT2D eigenvalue weighted by molar-refractivity contribution is -0.151. The van der Waals surface area contributed by atoms with Crippen LogP contribution in [0.2, 0.25) is 0 Å². The molecule has 9 heteroatoms. The number of esters is 1. The third-order valence-corrected chi connectivity index (χ3v) is 5.13. The Morgan fingerprint density at radius 2 is 1.94 bits per heavy atom. The van der Waals surface area contributed by atoms with Crippen molar-refractivity contribution in [2.24, 2.45) is 0 Å². The number of nitrogens with zero attached hydrogens (tertiary/aromatic N) is 2. The van der Waals surface area contributed by atoms with E-state index < -0.39 is 29.8 Å². The average Bonchev–Trinajstić information content (AvgIpc) is 3.15. The number of fused-ring (bicyclic) bond motifs is 1. The topological polar surface area (TPSA) is 103 Å². The summed E-state index contributed by atoms with van der Waals surface area (Å²) in [5.41, 5.74) is 0.559. The maximum absolute atomic E-state index is 13.4. The van der Waals surface area contributed by atoms with Crippen molar-refractivity contribution in [1.29, 1.82) is 0 Å². The van der Waals surface area contributed by atoms with Gasteiger partial charge in [-0.05, 0) is 45.0 Å². The molecule has 3 atom stereocenters. The number of benzene rings is 1. The molecule has 3 unspecified atom stereocenters. The van der Waals surface area contributed by atoms with Crippen LogP contribution < -0.4 is 10.1 Å². The van der Waals surface area contributed by atoms with E-state index in [0.29, 0.717) is 0 Å². The van der Waals surface area contributed by atoms with Crippen molar-refractivity contribution in [2.75, 3.05) is 7.11 Å². The number of hydrogen-bond acceptors (Lipinski definition) is 6. The van der Waals surface area contributed by atoms with Crippen LogP contribution in [0.5, 0.6) is 11.5 Å². The molecule has 2 aromatic heterocycles. The van der Waals surface area contributed by atoms with E-state index in [4.69, 9.17) is 9.47 Å². The van der Waals surface area contributed by atoms with Crippen LogP contribution in [0.25, 0.3) is 10.9 Å². The number of amides is 1. The fourth-order valence-electron chi connectivity index (χ4n) is 3.19. The zero-order valence-electron chi connectivity index (χ0n) is 17.6. The quantitative estimate of drug-likeness (QED) is 0.559. The molecular formula is C22H24FN3O5. The van der Waals surface area contributed by atoms with Crippen LogP contribution in [-0.4, -0.2) is 45.8 Å². The molecule has 0 aliphatic heterocycles. The molecule has 1 amide bonds. The summed E-state index contributed by atoms with van der Waals surface area (Å²) in [6.07, 6.45) is 2.59. The molecule has 2 heterocycles. The van der Waals surface area contributed by atoms with Crippen molar-refractivity contribution in [3.63, 3.8) is 0 Å². The normalized spacial score (nSPS) is 14.0. The number of aromatic nitrogens is 2. The molecule has 0 fully saturated rings. The van der Waals surface area contributed by atoms with Gasteiger partial charge in [-0.3, -0.25) is 4.79 Å². The van der Waals surface area contributed by atoms with Crippen LogP contribution >= 0.6 is 0 Å². The van der Waals surface area contributed by atoms with Gasteiger partial charge in [-0.1, -0.05) is 0 Å². The van der Waals surface area contributed by atoms with E-state index in [-0.39, 0.29) is 23.3 Å². The molecule has 0 spiro atoms. The summed E-state index contributed by atoms with van der Waals surface area (Å²) in [7, 11) is 1.35. The van der Waals surface area contributed by atoms with E-state index in [1.165, 1.54) is 38.4 Å². The number of carbonyl (C=O) groups excluding carboxylic acids is 2. The van der Waals surface area contributed by atoms with Gasteiger partial charge in [-0.15, -0.1) is 0 Å². The molecule has 164 valence electrons. The van der Waals surface area contributed by atoms with Gasteiger partial charge in [0.25, 0.3) is 5.91 Å². The molecule has 31 heavy (non-hydrogen) atoms. The molecule has 0 aliphatic carbocycles. The summed E-state index contributed by atoms with van der Waals surface area (Å²) in [4.78, 5) is 28.7. The van der Waals surface area contributed by atoms with Crippen molar-refractivity contribution >= 4 is 22.8 Å². The molecule has 0 radical (unpaired) electrons. The van der Waals surface area contributed by atoms with Crippen LogP contribution in [-0.2, 0) is 9.53 Å². The minimum Gasteiger partial charge on any atom is -0.503 e. The fourth-order valence-corrected chi connectivity index (χ4v) is 3.19. The summed E-state index contributed by atoms with van der Waals surface area (Å²) >= 11 is 0. The van der Waals surface area contributed by atoms with Crippen molar-refractivity contribution in [3.8, 4) is 11.5 Å². The zero-order valence-corrected chi connectivity index (χ0v) is 17.6. The summed E-state index contributed by atoms with van der Waals surface area (Å²) in [5.74, 6) is -2.02. The molecule has 3 rings (SSSR count). The highest BCUT2D eigenvalue weighted by molar-refractivity contribution is 5.97. The van der Waals surface area contributed by atoms with E-state index in [2.05, 4.69) is 10.3 Å². The molecule has 0 aliphatic rings. The maximum atomic E-state index is 13.4. The summed E-state index contributed by atoms with van der Waals surface area (Å²) in [5, 5.41) is 13.3. The van der Waals surface area contributed by atoms with Crippen LogP contribution in [0.1, 0.15) is 37.3 Å². The van der Waals surface area contributed by atoms with Crippen LogP contribution in [0, 0.1) is 5.82 Å². The monoisotopic (exact) mass is 429 g/mol. The maximum Gasteiger partial charge on any atom is 0.328 e. The van der Waals surface area contributed by atoms with Gasteiger partial charge in [0.15, 0.2) is 17.2 Å². The third-order valence-electron chi connectivity index (χ3n) is 5.13. The highest BCUT2D eigenvalue weighted by Crippen LogP contribution is 2.27. The minimum atomic E-state index is -0.981. The van der Waals surface area contributed by atoms with Crippen LogP contribution in [0.3, 0.4) is 0 Å². The molecule has 0 saturated carbocycles. The average molecular weight is 429 g/mol. The van der Waals surface area contributed by atoms with Gasteiger partial charge in [0.2, 0.25) is 0 Å². The van der Waals surface area contributed by atoms with E-state index in [1.807, 2.05) is 17.7 Å². The fraction of sp³-hybridized carbons (Fsp3) is 0.318. The first kappa shape index (κ1) is 22.1. The van der Waals surface area contributed by atoms with Gasteiger partial charge in [-0.2, -0.15) is 0 Å². The number of halogens is 1. The number of ether oxygens (including phenoxy) is 2. The molecule has 0 bridgehead atoms. The number of aromatic hydroxyl groups is 1. The Balaban J connectivity index is 1.65. The van der Waals surface area contributed by atoms with Gasteiger partial charge >= 0.3 is 5.97 Å². The van der Waals surface area contributed by atoms with Crippen LogP contribution in [0.4, 0.5) is 4.39 Å². The molecule has 1 aromatic carbocycles. The molecule has 2 N–H and O–H groups in total. The number of nitrogens with one attached hydrogen (secondary N) is 1. The van der Waals surface area contributed by atoms with Gasteiger partial charge in [0.1, 0.15) is 18.0 Å². The second kappa shape index (κ2) is 9.03. The van der Waals surface area contributed by atoms with E-state index >= 15 is 0 Å². The minimum absolute atomic E-state index is 0.0941. The van der Waals surface area contributed by atoms with Gasteiger partial charge < -0.3 is 24.5 Å². The number of pyridine rings is 1. The Labute approximate surface area is 178 Å². The van der Waals surface area contributed by atoms with Crippen molar-refractivity contribution in [2.45, 2.75) is 39.0 Å². The Kier molecular flexibility index (Phi) is 6.43. The number of carbonyl (C=O) groups is 2. The first-order valence-corrected chi connectivity index (χ1v) is 9.72. The van der Waals surface area contributed by atoms with Crippen molar-refractivity contribution in [3.05, 3.63) is 54.2 Å². The number of hydrogen-bond donors (Lipinski definition) is 2. The lowest BCUT2D eigenvalue weighted by atomic mass is 10.2. The largest absolute Gasteiger partial charge is 0.503 e. The molecular weight excluding hydrogens is 405 g/mol. The van der Waals surface area contributed by atoms with E-state index in [0.717, 1.165) is 10.9 Å². The highest BCUT2D eigenvalue weighted by atomic mass is 19.1. The lowest BCUT2D eigenvalue weighted by Gasteiger charge is -2.24. The van der Waals surface area contributed by atoms with E-state index in [1.54, 1.807) is 19.1 Å². The predicted molar refractivity (Wildman–Crippen MR) is 112 cm³/mol. The van der Waals surface area contributed by atoms with E-state index in [9.17, 15) is 19.1 Å². The summed E-state index contributed by atoms with van der Waals surface area (Å²) in [6.45, 7) is 5.09. The lowest BCUT2D eigenvalue weighted by Crippen LogP contribution is -2.41. The Hall–Kier alpha value is -3.62.